The lowest BCUT2D eigenvalue weighted by molar-refractivity contribution is 0.202. The Balaban J connectivity index is 1.64. The lowest BCUT2D eigenvalue weighted by Gasteiger charge is -2.38. The smallest absolute Gasteiger partial charge is 0.227 e. The highest BCUT2D eigenvalue weighted by Crippen LogP contribution is 2.45. The highest BCUT2D eigenvalue weighted by Gasteiger charge is 2.41. The van der Waals surface area contributed by atoms with E-state index in [0.717, 1.165) is 30.8 Å². The molecular weight excluding hydrogens is 254 g/mol. The molecule has 0 saturated heterocycles. The molecule has 0 atom stereocenters. The molecule has 0 bridgehead atoms. The van der Waals surface area contributed by atoms with E-state index in [1.165, 1.54) is 25.7 Å². The van der Waals surface area contributed by atoms with Crippen LogP contribution >= 0.6 is 0 Å². The second-order valence-electron chi connectivity index (χ2n) is 5.72. The van der Waals surface area contributed by atoms with Gasteiger partial charge in [-0.25, -0.2) is 0 Å². The molecule has 6 heteroatoms. The minimum atomic E-state index is 0.197. The van der Waals surface area contributed by atoms with Gasteiger partial charge in [-0.1, -0.05) is 24.9 Å². The van der Waals surface area contributed by atoms with Crippen LogP contribution in [0.2, 0.25) is 0 Å². The fourth-order valence-electron chi connectivity index (χ4n) is 2.98. The number of hydrogen-bond donors (Lipinski definition) is 0. The molecule has 20 heavy (non-hydrogen) atoms. The maximum absolute atomic E-state index is 5.41. The largest absolute Gasteiger partial charge is 0.339 e. The fourth-order valence-corrected chi connectivity index (χ4v) is 2.98. The molecule has 1 aliphatic carbocycles. The van der Waals surface area contributed by atoms with Crippen LogP contribution in [0.3, 0.4) is 0 Å². The van der Waals surface area contributed by atoms with E-state index in [2.05, 4.69) is 27.3 Å². The van der Waals surface area contributed by atoms with Gasteiger partial charge in [-0.2, -0.15) is 20.0 Å². The van der Waals surface area contributed by atoms with Crippen LogP contribution in [0, 0.1) is 0 Å². The summed E-state index contributed by atoms with van der Waals surface area (Å²) in [6.45, 7) is 2.22. The highest BCUT2D eigenvalue weighted by molar-refractivity contribution is 5.12. The number of rotatable bonds is 6. The van der Waals surface area contributed by atoms with Gasteiger partial charge in [-0.3, -0.25) is 0 Å². The molecule has 1 aliphatic rings. The fraction of sp³-hybridized carbons (Fsp3) is 0.714. The monoisotopic (exact) mass is 275 g/mol. The first kappa shape index (κ1) is 13.3. The zero-order valence-corrected chi connectivity index (χ0v) is 12.2. The van der Waals surface area contributed by atoms with Gasteiger partial charge < -0.3 is 4.52 Å². The summed E-state index contributed by atoms with van der Waals surface area (Å²) in [6, 6.07) is 0. The molecular formula is C14H21N5O. The van der Waals surface area contributed by atoms with E-state index < -0.39 is 0 Å². The molecule has 0 unspecified atom stereocenters. The van der Waals surface area contributed by atoms with E-state index in [1.807, 2.05) is 7.05 Å². The van der Waals surface area contributed by atoms with Gasteiger partial charge in [0.05, 0.1) is 11.9 Å². The molecule has 1 fully saturated rings. The van der Waals surface area contributed by atoms with E-state index in [0.29, 0.717) is 5.89 Å². The van der Waals surface area contributed by atoms with Crippen LogP contribution in [0.25, 0.3) is 0 Å². The topological polar surface area (TPSA) is 69.6 Å². The quantitative estimate of drug-likeness (QED) is 0.808. The summed E-state index contributed by atoms with van der Waals surface area (Å²) >= 11 is 0. The van der Waals surface area contributed by atoms with E-state index in [1.54, 1.807) is 11.0 Å². The zero-order chi connectivity index (χ0) is 14.0. The number of hydrogen-bond acceptors (Lipinski definition) is 5. The van der Waals surface area contributed by atoms with Crippen LogP contribution < -0.4 is 0 Å². The first-order valence-corrected chi connectivity index (χ1v) is 7.40. The Kier molecular flexibility index (Phi) is 3.54. The predicted molar refractivity (Wildman–Crippen MR) is 73.1 cm³/mol. The second kappa shape index (κ2) is 5.34. The molecule has 108 valence electrons. The molecule has 1 saturated carbocycles. The van der Waals surface area contributed by atoms with Crippen LogP contribution in [0.4, 0.5) is 0 Å². The Morgan fingerprint density at radius 2 is 2.20 bits per heavy atom. The zero-order valence-electron chi connectivity index (χ0n) is 12.2. The van der Waals surface area contributed by atoms with E-state index >= 15 is 0 Å². The Morgan fingerprint density at radius 1 is 1.35 bits per heavy atom. The van der Waals surface area contributed by atoms with E-state index in [-0.39, 0.29) is 5.41 Å². The molecule has 0 amide bonds. The molecule has 2 heterocycles. The van der Waals surface area contributed by atoms with Crippen molar-refractivity contribution in [2.24, 2.45) is 7.05 Å². The summed E-state index contributed by atoms with van der Waals surface area (Å²) < 4.78 is 5.41. The standard InChI is InChI=1S/C14H21N5O/c1-3-7-14(8-4-9-14)13-16-12(20-18-13)6-5-11-10-15-19(2)17-11/h10H,3-9H2,1-2H3. The Labute approximate surface area is 118 Å². The first-order valence-electron chi connectivity index (χ1n) is 7.40. The third-order valence-corrected chi connectivity index (χ3v) is 4.22. The summed E-state index contributed by atoms with van der Waals surface area (Å²) in [5.41, 5.74) is 1.16. The van der Waals surface area contributed by atoms with Crippen LogP contribution in [0.5, 0.6) is 0 Å². The Morgan fingerprint density at radius 3 is 2.80 bits per heavy atom. The van der Waals surface area contributed by atoms with Gasteiger partial charge in [-0.15, -0.1) is 0 Å². The minimum absolute atomic E-state index is 0.197. The van der Waals surface area contributed by atoms with Gasteiger partial charge >= 0.3 is 0 Å². The van der Waals surface area contributed by atoms with Crippen molar-refractivity contribution >= 4 is 0 Å². The average Bonchev–Trinajstić information content (AvgIpc) is 3.00. The highest BCUT2D eigenvalue weighted by atomic mass is 16.5. The van der Waals surface area contributed by atoms with Gasteiger partial charge in [0.2, 0.25) is 5.89 Å². The summed E-state index contributed by atoms with van der Waals surface area (Å²) in [6.07, 6.45) is 9.31. The molecule has 0 radical (unpaired) electrons. The van der Waals surface area contributed by atoms with Crippen LogP contribution in [0.1, 0.15) is 56.4 Å². The maximum atomic E-state index is 5.41. The molecule has 0 N–H and O–H groups in total. The molecule has 3 rings (SSSR count). The molecule has 6 nitrogen and oxygen atoms in total. The van der Waals surface area contributed by atoms with Crippen LogP contribution in [-0.4, -0.2) is 25.1 Å². The van der Waals surface area contributed by atoms with E-state index in [9.17, 15) is 0 Å². The normalized spacial score (nSPS) is 17.1. The van der Waals surface area contributed by atoms with Crippen molar-refractivity contribution in [2.75, 3.05) is 0 Å². The molecule has 0 aliphatic heterocycles. The third-order valence-electron chi connectivity index (χ3n) is 4.22. The van der Waals surface area contributed by atoms with Gasteiger partial charge in [0.25, 0.3) is 0 Å². The SMILES string of the molecule is CCCC1(c2noc(CCc3cnn(C)n3)n2)CCC1. The van der Waals surface area contributed by atoms with Gasteiger partial charge in [0, 0.05) is 25.3 Å². The van der Waals surface area contributed by atoms with Crippen LogP contribution in [-0.2, 0) is 25.3 Å². The van der Waals surface area contributed by atoms with Crippen molar-refractivity contribution < 1.29 is 4.52 Å². The van der Waals surface area contributed by atoms with Crippen LogP contribution in [0.15, 0.2) is 10.7 Å². The Hall–Kier alpha value is -1.72. The summed E-state index contributed by atoms with van der Waals surface area (Å²) in [5.74, 6) is 1.63. The second-order valence-corrected chi connectivity index (χ2v) is 5.72. The van der Waals surface area contributed by atoms with Crippen molar-refractivity contribution in [1.29, 1.82) is 0 Å². The van der Waals surface area contributed by atoms with Crippen molar-refractivity contribution in [3.05, 3.63) is 23.6 Å². The Bertz CT molecular complexity index is 570. The maximum Gasteiger partial charge on any atom is 0.227 e. The minimum Gasteiger partial charge on any atom is -0.339 e. The van der Waals surface area contributed by atoms with Crippen molar-refractivity contribution in [1.82, 2.24) is 25.1 Å². The third kappa shape index (κ3) is 2.46. The number of aryl methyl sites for hydroxylation is 3. The van der Waals surface area contributed by atoms with Crippen molar-refractivity contribution in [3.63, 3.8) is 0 Å². The van der Waals surface area contributed by atoms with Crippen molar-refractivity contribution in [3.8, 4) is 0 Å². The summed E-state index contributed by atoms with van der Waals surface area (Å²) in [7, 11) is 1.82. The lowest BCUT2D eigenvalue weighted by Crippen LogP contribution is -2.35. The van der Waals surface area contributed by atoms with Gasteiger partial charge in [0.1, 0.15) is 0 Å². The predicted octanol–water partition coefficient (Wildman–Crippen LogP) is 2.21. The van der Waals surface area contributed by atoms with Gasteiger partial charge in [-0.05, 0) is 19.3 Å². The summed E-state index contributed by atoms with van der Waals surface area (Å²) in [4.78, 5) is 6.18. The molecule has 0 spiro atoms. The van der Waals surface area contributed by atoms with Gasteiger partial charge in [0.15, 0.2) is 5.82 Å². The lowest BCUT2D eigenvalue weighted by atomic mass is 9.65. The average molecular weight is 275 g/mol. The molecule has 2 aromatic heterocycles. The van der Waals surface area contributed by atoms with Crippen molar-refractivity contribution in [2.45, 2.75) is 57.3 Å². The number of nitrogens with zero attached hydrogens (tertiary/aromatic N) is 5. The molecule has 2 aromatic rings. The molecule has 0 aromatic carbocycles. The summed E-state index contributed by atoms with van der Waals surface area (Å²) in [5, 5.41) is 12.5. The first-order chi connectivity index (χ1) is 9.72. The van der Waals surface area contributed by atoms with E-state index in [4.69, 9.17) is 4.52 Å². The number of aromatic nitrogens is 5.